The highest BCUT2D eigenvalue weighted by molar-refractivity contribution is 5.77. The van der Waals surface area contributed by atoms with Crippen LogP contribution in [0.5, 0.6) is 0 Å². The van der Waals surface area contributed by atoms with Crippen LogP contribution in [0.25, 0.3) is 11.2 Å². The summed E-state index contributed by atoms with van der Waals surface area (Å²) in [6.45, 7) is 0. The molecule has 1 atom stereocenters. The number of hydrogen-bond acceptors (Lipinski definition) is 5. The van der Waals surface area contributed by atoms with Gasteiger partial charge in [-0.3, -0.25) is 9.78 Å². The van der Waals surface area contributed by atoms with Crippen LogP contribution in [-0.4, -0.2) is 21.0 Å². The molecule has 0 amide bonds. The lowest BCUT2D eigenvalue weighted by atomic mass is 10.1. The minimum Gasteiger partial charge on any atom is -0.480 e. The van der Waals surface area contributed by atoms with E-state index in [2.05, 4.69) is 14.4 Å². The summed E-state index contributed by atoms with van der Waals surface area (Å²) in [6, 6.07) is 0.256. The van der Waals surface area contributed by atoms with E-state index in [1.54, 1.807) is 0 Å². The number of aliphatic carboxylic acids is 1. The lowest BCUT2D eigenvalue weighted by Crippen LogP contribution is -2.20. The van der Waals surface area contributed by atoms with Gasteiger partial charge in [-0.2, -0.15) is 0 Å². The van der Waals surface area contributed by atoms with Crippen molar-refractivity contribution in [3.8, 4) is 0 Å². The molecule has 78 valence electrons. The Hall–Kier alpha value is -2.15. The van der Waals surface area contributed by atoms with Crippen molar-refractivity contribution >= 4 is 17.2 Å². The van der Waals surface area contributed by atoms with Gasteiger partial charge in [-0.1, -0.05) is 0 Å². The molecule has 0 saturated heterocycles. The lowest BCUT2D eigenvalue weighted by molar-refractivity contribution is -0.138. The molecule has 15 heavy (non-hydrogen) atoms. The van der Waals surface area contributed by atoms with Crippen LogP contribution in [0.4, 0.5) is 0 Å². The molecule has 7 nitrogen and oxygen atoms in total. The third-order valence-corrected chi connectivity index (χ3v) is 1.92. The van der Waals surface area contributed by atoms with Crippen LogP contribution in [0.3, 0.4) is 0 Å². The molecule has 0 aromatic carbocycles. The first-order chi connectivity index (χ1) is 7.08. The van der Waals surface area contributed by atoms with Gasteiger partial charge in [0.2, 0.25) is 5.71 Å². The van der Waals surface area contributed by atoms with E-state index < -0.39 is 17.8 Å². The van der Waals surface area contributed by atoms with E-state index in [1.165, 1.54) is 12.3 Å². The zero-order valence-electron chi connectivity index (χ0n) is 7.43. The van der Waals surface area contributed by atoms with Crippen molar-refractivity contribution in [1.29, 1.82) is 0 Å². The van der Waals surface area contributed by atoms with Gasteiger partial charge in [0.1, 0.15) is 11.6 Å². The highest BCUT2D eigenvalue weighted by Crippen LogP contribution is 2.14. The smallest absolute Gasteiger partial charge is 0.418 e. The molecule has 4 N–H and O–H groups in total. The maximum atomic E-state index is 10.8. The number of aromatic nitrogens is 2. The molecule has 1 unspecified atom stereocenters. The van der Waals surface area contributed by atoms with Gasteiger partial charge in [-0.25, -0.2) is 9.78 Å². The Bertz CT molecular complexity index is 571. The van der Waals surface area contributed by atoms with E-state index in [1.807, 2.05) is 0 Å². The van der Waals surface area contributed by atoms with Gasteiger partial charge >= 0.3 is 11.7 Å². The van der Waals surface area contributed by atoms with Crippen LogP contribution in [0.1, 0.15) is 11.6 Å². The zero-order chi connectivity index (χ0) is 11.0. The first-order valence-corrected chi connectivity index (χ1v) is 4.05. The van der Waals surface area contributed by atoms with Crippen LogP contribution in [0.15, 0.2) is 21.5 Å². The Balaban J connectivity index is 2.55. The number of nitrogens with zero attached hydrogens (tertiary/aromatic N) is 1. The highest BCUT2D eigenvalue weighted by Gasteiger charge is 2.15. The van der Waals surface area contributed by atoms with Gasteiger partial charge in [0.05, 0.1) is 0 Å². The minimum atomic E-state index is -1.17. The molecule has 0 fully saturated rings. The number of nitrogens with two attached hydrogens (primary N) is 1. The molecule has 0 aliphatic rings. The summed E-state index contributed by atoms with van der Waals surface area (Å²) in [4.78, 5) is 27.5. The molecule has 2 heterocycles. The van der Waals surface area contributed by atoms with Gasteiger partial charge in [-0.05, 0) is 6.07 Å². The summed E-state index contributed by atoms with van der Waals surface area (Å²) < 4.78 is 4.65. The largest absolute Gasteiger partial charge is 0.480 e. The van der Waals surface area contributed by atoms with Gasteiger partial charge < -0.3 is 15.3 Å². The second kappa shape index (κ2) is 3.21. The quantitative estimate of drug-likeness (QED) is 0.618. The number of carbonyl (C=O) groups is 1. The van der Waals surface area contributed by atoms with E-state index in [4.69, 9.17) is 10.8 Å². The normalized spacial score (nSPS) is 12.9. The molecule has 0 saturated carbocycles. The number of pyridine rings is 1. The number of carboxylic acid groups (broad SMARTS) is 1. The number of oxazole rings is 1. The average molecular weight is 209 g/mol. The Morgan fingerprint density at radius 2 is 2.40 bits per heavy atom. The molecular weight excluding hydrogens is 202 g/mol. The summed E-state index contributed by atoms with van der Waals surface area (Å²) in [5.41, 5.74) is 6.13. The van der Waals surface area contributed by atoms with Crippen LogP contribution in [0.2, 0.25) is 0 Å². The summed E-state index contributed by atoms with van der Waals surface area (Å²) >= 11 is 0. The van der Waals surface area contributed by atoms with Crippen molar-refractivity contribution in [2.24, 2.45) is 5.73 Å². The van der Waals surface area contributed by atoms with E-state index in [0.29, 0.717) is 11.1 Å². The summed E-state index contributed by atoms with van der Waals surface area (Å²) in [5.74, 6) is -1.81. The van der Waals surface area contributed by atoms with Crippen molar-refractivity contribution in [3.63, 3.8) is 0 Å². The van der Waals surface area contributed by atoms with E-state index in [-0.39, 0.29) is 5.71 Å². The molecular formula is C8H7N3O4. The maximum Gasteiger partial charge on any atom is 0.418 e. The third kappa shape index (κ3) is 1.59. The van der Waals surface area contributed by atoms with Gasteiger partial charge in [-0.15, -0.1) is 0 Å². The predicted octanol–water partition coefficient (Wildman–Crippen LogP) is -0.399. The maximum absolute atomic E-state index is 10.8. The summed E-state index contributed by atoms with van der Waals surface area (Å²) in [7, 11) is 0. The number of aromatic amines is 1. The first-order valence-electron chi connectivity index (χ1n) is 4.05. The van der Waals surface area contributed by atoms with Crippen molar-refractivity contribution in [2.45, 2.75) is 6.04 Å². The Labute approximate surface area is 82.5 Å². The second-order valence-corrected chi connectivity index (χ2v) is 2.95. The van der Waals surface area contributed by atoms with Crippen LogP contribution in [0, 0.1) is 0 Å². The van der Waals surface area contributed by atoms with E-state index in [9.17, 15) is 9.59 Å². The lowest BCUT2D eigenvalue weighted by Gasteiger charge is -2.04. The van der Waals surface area contributed by atoms with Crippen molar-refractivity contribution in [3.05, 3.63) is 28.4 Å². The van der Waals surface area contributed by atoms with Crippen molar-refractivity contribution < 1.29 is 14.3 Å². The topological polar surface area (TPSA) is 122 Å². The molecule has 2 rings (SSSR count). The first kappa shape index (κ1) is 9.41. The molecule has 7 heteroatoms. The fourth-order valence-corrected chi connectivity index (χ4v) is 1.18. The molecule has 0 bridgehead atoms. The number of hydrogen-bond donors (Lipinski definition) is 3. The summed E-state index contributed by atoms with van der Waals surface area (Å²) in [6.07, 6.45) is 1.26. The molecule has 0 spiro atoms. The Morgan fingerprint density at radius 3 is 3.07 bits per heavy atom. The molecule has 0 aliphatic carbocycles. The highest BCUT2D eigenvalue weighted by atomic mass is 16.4. The molecule has 2 aromatic heterocycles. The average Bonchev–Trinajstić information content (AvgIpc) is 2.55. The molecule has 0 aliphatic heterocycles. The van der Waals surface area contributed by atoms with Gasteiger partial charge in [0.15, 0.2) is 0 Å². The molecule has 0 radical (unpaired) electrons. The number of nitrogens with one attached hydrogen (secondary N) is 1. The van der Waals surface area contributed by atoms with E-state index >= 15 is 0 Å². The zero-order valence-corrected chi connectivity index (χ0v) is 7.43. The van der Waals surface area contributed by atoms with Gasteiger partial charge in [0.25, 0.3) is 0 Å². The molecule has 2 aromatic rings. The standard InChI is InChI=1S/C8H7N3O4/c9-5(7(12)13)3-1-4-6(10-2-3)15-8(14)11-4/h1-2,5H,9H2,(H,11,14)(H,12,13). The van der Waals surface area contributed by atoms with Crippen LogP contribution >= 0.6 is 0 Å². The Kier molecular flexibility index (Phi) is 2.01. The second-order valence-electron chi connectivity index (χ2n) is 2.95. The van der Waals surface area contributed by atoms with Crippen LogP contribution < -0.4 is 11.5 Å². The Morgan fingerprint density at radius 1 is 1.67 bits per heavy atom. The number of fused-ring (bicyclic) bond motifs is 1. The van der Waals surface area contributed by atoms with E-state index in [0.717, 1.165) is 0 Å². The fourth-order valence-electron chi connectivity index (χ4n) is 1.18. The SMILES string of the molecule is NC(C(=O)O)c1cnc2oc(=O)[nH]c2c1. The van der Waals surface area contributed by atoms with Crippen molar-refractivity contribution in [2.75, 3.05) is 0 Å². The van der Waals surface area contributed by atoms with Crippen molar-refractivity contribution in [1.82, 2.24) is 9.97 Å². The number of H-pyrrole nitrogens is 1. The van der Waals surface area contributed by atoms with Crippen LogP contribution in [-0.2, 0) is 4.79 Å². The number of carboxylic acids is 1. The predicted molar refractivity (Wildman–Crippen MR) is 49.2 cm³/mol. The van der Waals surface area contributed by atoms with Gasteiger partial charge in [0, 0.05) is 11.8 Å². The monoisotopic (exact) mass is 209 g/mol. The third-order valence-electron chi connectivity index (χ3n) is 1.92. The fraction of sp³-hybridized carbons (Fsp3) is 0.125. The minimum absolute atomic E-state index is 0.126. The summed E-state index contributed by atoms with van der Waals surface area (Å²) in [5, 5.41) is 8.66. The number of rotatable bonds is 2.